The Morgan fingerprint density at radius 2 is 1.64 bits per heavy atom. The average molecular weight is 380 g/mol. The maximum absolute atomic E-state index is 13.1. The molecule has 0 saturated heterocycles. The summed E-state index contributed by atoms with van der Waals surface area (Å²) in [4.78, 5) is 16.4. The van der Waals surface area contributed by atoms with E-state index in [-0.39, 0.29) is 11.8 Å². The molecular formula is C22H25FN4O. The summed E-state index contributed by atoms with van der Waals surface area (Å²) >= 11 is 0. The monoisotopic (exact) mass is 380 g/mol. The summed E-state index contributed by atoms with van der Waals surface area (Å²) in [6.07, 6.45) is 3.25. The van der Waals surface area contributed by atoms with Crippen LogP contribution in [0.25, 0.3) is 0 Å². The molecule has 2 N–H and O–H groups in total. The molecule has 1 heterocycles. The number of aryl methyl sites for hydroxylation is 1. The van der Waals surface area contributed by atoms with E-state index in [1.807, 2.05) is 43.5 Å². The highest BCUT2D eigenvalue weighted by molar-refractivity contribution is 5.73. The molecule has 0 aliphatic carbocycles. The maximum atomic E-state index is 13.1. The first-order chi connectivity index (χ1) is 13.6. The third kappa shape index (κ3) is 5.67. The number of nitrogens with zero attached hydrogens (tertiary/aromatic N) is 2. The van der Waals surface area contributed by atoms with Crippen LogP contribution in [0.1, 0.15) is 22.6 Å². The normalized spacial score (nSPS) is 10.6. The van der Waals surface area contributed by atoms with E-state index in [0.29, 0.717) is 26.1 Å². The van der Waals surface area contributed by atoms with Gasteiger partial charge in [0.2, 0.25) is 0 Å². The smallest absolute Gasteiger partial charge is 0.314 e. The molecule has 0 bridgehead atoms. The predicted molar refractivity (Wildman–Crippen MR) is 108 cm³/mol. The van der Waals surface area contributed by atoms with E-state index < -0.39 is 0 Å². The first-order valence-electron chi connectivity index (χ1n) is 9.43. The van der Waals surface area contributed by atoms with Crippen molar-refractivity contribution in [3.05, 3.63) is 89.3 Å². The molecule has 1 aromatic heterocycles. The molecule has 2 amide bonds. The molecule has 2 aromatic carbocycles. The molecule has 0 saturated carbocycles. The fourth-order valence-electron chi connectivity index (χ4n) is 3.01. The second-order valence-electron chi connectivity index (χ2n) is 6.70. The van der Waals surface area contributed by atoms with Gasteiger partial charge in [-0.2, -0.15) is 0 Å². The summed E-state index contributed by atoms with van der Waals surface area (Å²) in [6.45, 7) is 3.71. The van der Waals surface area contributed by atoms with Crippen molar-refractivity contribution in [2.45, 2.75) is 26.3 Å². The number of rotatable bonds is 8. The van der Waals surface area contributed by atoms with Gasteiger partial charge in [-0.1, -0.05) is 42.5 Å². The summed E-state index contributed by atoms with van der Waals surface area (Å²) in [5.74, 6) is 0.653. The molecule has 3 rings (SSSR count). The van der Waals surface area contributed by atoms with E-state index in [2.05, 4.69) is 20.2 Å². The number of benzene rings is 2. The number of amides is 2. The van der Waals surface area contributed by atoms with Gasteiger partial charge in [0.1, 0.15) is 11.6 Å². The fourth-order valence-corrected chi connectivity index (χ4v) is 3.01. The molecule has 0 unspecified atom stereocenters. The van der Waals surface area contributed by atoms with Crippen molar-refractivity contribution in [3.63, 3.8) is 0 Å². The molecular weight excluding hydrogens is 355 g/mol. The topological polar surface area (TPSA) is 59.0 Å². The Morgan fingerprint density at radius 3 is 2.36 bits per heavy atom. The van der Waals surface area contributed by atoms with Crippen molar-refractivity contribution in [2.24, 2.45) is 0 Å². The molecule has 0 fully saturated rings. The Morgan fingerprint density at radius 1 is 0.964 bits per heavy atom. The Labute approximate surface area is 164 Å². The van der Waals surface area contributed by atoms with Crippen molar-refractivity contribution in [2.75, 3.05) is 13.1 Å². The van der Waals surface area contributed by atoms with Crippen molar-refractivity contribution in [3.8, 4) is 0 Å². The van der Waals surface area contributed by atoms with Gasteiger partial charge in [-0.25, -0.2) is 14.2 Å². The van der Waals surface area contributed by atoms with Crippen molar-refractivity contribution in [1.29, 1.82) is 0 Å². The van der Waals surface area contributed by atoms with Crippen LogP contribution in [0.3, 0.4) is 0 Å². The minimum Gasteiger partial charge on any atom is -0.338 e. The molecule has 0 atom stereocenters. The Balaban J connectivity index is 1.44. The average Bonchev–Trinajstić information content (AvgIpc) is 3.04. The molecule has 0 radical (unpaired) electrons. The predicted octanol–water partition coefficient (Wildman–Crippen LogP) is 3.46. The van der Waals surface area contributed by atoms with Crippen LogP contribution >= 0.6 is 0 Å². The second kappa shape index (κ2) is 9.69. The van der Waals surface area contributed by atoms with Gasteiger partial charge in [-0.05, 0) is 36.6 Å². The van der Waals surface area contributed by atoms with Gasteiger partial charge in [-0.3, -0.25) is 0 Å². The fraction of sp³-hybridized carbons (Fsp3) is 0.273. The summed E-state index contributed by atoms with van der Waals surface area (Å²) in [5.41, 5.74) is 3.24. The van der Waals surface area contributed by atoms with E-state index in [4.69, 9.17) is 0 Å². The first kappa shape index (κ1) is 19.6. The van der Waals surface area contributed by atoms with Gasteiger partial charge < -0.3 is 15.2 Å². The van der Waals surface area contributed by atoms with E-state index in [1.54, 1.807) is 12.1 Å². The van der Waals surface area contributed by atoms with Gasteiger partial charge in [-0.15, -0.1) is 0 Å². The van der Waals surface area contributed by atoms with Crippen LogP contribution in [0.5, 0.6) is 0 Å². The lowest BCUT2D eigenvalue weighted by atomic mass is 10.1. The van der Waals surface area contributed by atoms with Gasteiger partial charge in [0, 0.05) is 37.9 Å². The lowest BCUT2D eigenvalue weighted by molar-refractivity contribution is 0.241. The lowest BCUT2D eigenvalue weighted by Crippen LogP contribution is -2.37. The second-order valence-corrected chi connectivity index (χ2v) is 6.70. The van der Waals surface area contributed by atoms with E-state index in [9.17, 15) is 9.18 Å². The first-order valence-corrected chi connectivity index (χ1v) is 9.43. The van der Waals surface area contributed by atoms with Crippen LogP contribution in [0, 0.1) is 12.7 Å². The number of hydrogen-bond donors (Lipinski definition) is 2. The van der Waals surface area contributed by atoms with Gasteiger partial charge in [0.15, 0.2) is 0 Å². The highest BCUT2D eigenvalue weighted by Crippen LogP contribution is 2.11. The lowest BCUT2D eigenvalue weighted by Gasteiger charge is -2.11. The Hall–Kier alpha value is -3.15. The van der Waals surface area contributed by atoms with E-state index in [1.165, 1.54) is 17.7 Å². The zero-order chi connectivity index (χ0) is 19.8. The van der Waals surface area contributed by atoms with Crippen LogP contribution in [0.2, 0.25) is 0 Å². The van der Waals surface area contributed by atoms with Crippen LogP contribution in [0.4, 0.5) is 9.18 Å². The number of carbonyl (C=O) groups excluding carboxylic acids is 1. The number of aromatic nitrogens is 2. The van der Waals surface area contributed by atoms with Gasteiger partial charge in [0.25, 0.3) is 0 Å². The van der Waals surface area contributed by atoms with Gasteiger partial charge >= 0.3 is 6.03 Å². The molecule has 0 spiro atoms. The number of carbonyl (C=O) groups is 1. The van der Waals surface area contributed by atoms with Crippen LogP contribution in [-0.2, 0) is 19.4 Å². The van der Waals surface area contributed by atoms with Crippen LogP contribution < -0.4 is 10.6 Å². The molecule has 0 aliphatic heterocycles. The third-order valence-corrected chi connectivity index (χ3v) is 4.57. The molecule has 0 aliphatic rings. The SMILES string of the molecule is Cc1cnc(CCNC(=O)NCCc2ccccc2)n1Cc1ccc(F)cc1. The third-order valence-electron chi connectivity index (χ3n) is 4.57. The zero-order valence-electron chi connectivity index (χ0n) is 16.0. The summed E-state index contributed by atoms with van der Waals surface area (Å²) in [6, 6.07) is 16.3. The molecule has 5 nitrogen and oxygen atoms in total. The van der Waals surface area contributed by atoms with Gasteiger partial charge in [0.05, 0.1) is 0 Å². The summed E-state index contributed by atoms with van der Waals surface area (Å²) in [5, 5.41) is 5.74. The molecule has 3 aromatic rings. The minimum atomic E-state index is -0.242. The maximum Gasteiger partial charge on any atom is 0.314 e. The number of halogens is 1. The number of imidazole rings is 1. The van der Waals surface area contributed by atoms with Crippen LogP contribution in [0.15, 0.2) is 60.8 Å². The van der Waals surface area contributed by atoms with Crippen LogP contribution in [-0.4, -0.2) is 28.7 Å². The number of nitrogens with one attached hydrogen (secondary N) is 2. The zero-order valence-corrected chi connectivity index (χ0v) is 16.0. The van der Waals surface area contributed by atoms with E-state index >= 15 is 0 Å². The molecule has 28 heavy (non-hydrogen) atoms. The number of hydrogen-bond acceptors (Lipinski definition) is 2. The summed E-state index contributed by atoms with van der Waals surface area (Å²) < 4.78 is 15.2. The van der Waals surface area contributed by atoms with Crippen molar-refractivity contribution < 1.29 is 9.18 Å². The Bertz CT molecular complexity index is 891. The van der Waals surface area contributed by atoms with Crippen molar-refractivity contribution >= 4 is 6.03 Å². The Kier molecular flexibility index (Phi) is 6.78. The molecule has 6 heteroatoms. The number of urea groups is 1. The minimum absolute atomic E-state index is 0.177. The highest BCUT2D eigenvalue weighted by Gasteiger charge is 2.09. The summed E-state index contributed by atoms with van der Waals surface area (Å²) in [7, 11) is 0. The van der Waals surface area contributed by atoms with Crippen molar-refractivity contribution in [1.82, 2.24) is 20.2 Å². The van der Waals surface area contributed by atoms with E-state index in [0.717, 1.165) is 23.5 Å². The molecule has 146 valence electrons. The quantitative estimate of drug-likeness (QED) is 0.629. The highest BCUT2D eigenvalue weighted by atomic mass is 19.1. The largest absolute Gasteiger partial charge is 0.338 e. The standard InChI is InChI=1S/C22H25FN4O/c1-17-15-26-21(27(17)16-19-7-9-20(23)10-8-19)12-14-25-22(28)24-13-11-18-5-3-2-4-6-18/h2-10,15H,11-14,16H2,1H3,(H2,24,25,28).